The predicted octanol–water partition coefficient (Wildman–Crippen LogP) is 2.50. The van der Waals surface area contributed by atoms with E-state index in [-0.39, 0.29) is 22.7 Å². The number of nitrogens with one attached hydrogen (secondary N) is 1. The SMILES string of the molecule is O=c1[nH]c2c(F)c(F)cc(-c3cnc(OCC(F)F)cn3)c2o1. The third-order valence-corrected chi connectivity index (χ3v) is 2.86. The molecule has 3 rings (SSSR count). The number of ether oxygens (including phenoxy) is 1. The van der Waals surface area contributed by atoms with Gasteiger partial charge >= 0.3 is 5.76 Å². The molecule has 0 fully saturated rings. The fraction of sp³-hybridized carbons (Fsp3) is 0.154. The molecule has 3 aromatic rings. The molecule has 120 valence electrons. The number of aromatic nitrogens is 3. The summed E-state index contributed by atoms with van der Waals surface area (Å²) in [4.78, 5) is 20.8. The Balaban J connectivity index is 2.03. The van der Waals surface area contributed by atoms with E-state index in [1.54, 1.807) is 0 Å². The second-order valence-electron chi connectivity index (χ2n) is 4.38. The predicted molar refractivity (Wildman–Crippen MR) is 69.3 cm³/mol. The zero-order valence-electron chi connectivity index (χ0n) is 11.1. The van der Waals surface area contributed by atoms with Crippen LogP contribution >= 0.6 is 0 Å². The minimum Gasteiger partial charge on any atom is -0.470 e. The number of rotatable bonds is 4. The van der Waals surface area contributed by atoms with E-state index in [0.29, 0.717) is 0 Å². The Hall–Kier alpha value is -2.91. The molecule has 0 amide bonds. The van der Waals surface area contributed by atoms with Crippen molar-refractivity contribution in [3.05, 3.63) is 40.6 Å². The number of oxazole rings is 1. The van der Waals surface area contributed by atoms with Gasteiger partial charge in [0.15, 0.2) is 23.8 Å². The maximum Gasteiger partial charge on any atom is 0.417 e. The summed E-state index contributed by atoms with van der Waals surface area (Å²) in [7, 11) is 0. The molecule has 1 aromatic carbocycles. The fourth-order valence-electron chi connectivity index (χ4n) is 1.92. The number of aromatic amines is 1. The van der Waals surface area contributed by atoms with Crippen LogP contribution in [0, 0.1) is 11.6 Å². The Bertz CT molecular complexity index is 905. The van der Waals surface area contributed by atoms with Crippen LogP contribution in [0.4, 0.5) is 17.6 Å². The van der Waals surface area contributed by atoms with Crippen LogP contribution in [0.15, 0.2) is 27.7 Å². The van der Waals surface area contributed by atoms with Gasteiger partial charge in [-0.05, 0) is 6.07 Å². The van der Waals surface area contributed by atoms with Crippen molar-refractivity contribution < 1.29 is 26.7 Å². The van der Waals surface area contributed by atoms with Crippen LogP contribution in [0.1, 0.15) is 0 Å². The smallest absolute Gasteiger partial charge is 0.417 e. The van der Waals surface area contributed by atoms with Gasteiger partial charge in [-0.15, -0.1) is 0 Å². The summed E-state index contributed by atoms with van der Waals surface area (Å²) >= 11 is 0. The van der Waals surface area contributed by atoms with Crippen molar-refractivity contribution in [3.8, 4) is 17.1 Å². The average molecular weight is 329 g/mol. The molecule has 0 unspecified atom stereocenters. The Morgan fingerprint density at radius 1 is 1.26 bits per heavy atom. The molecule has 10 heteroatoms. The van der Waals surface area contributed by atoms with Gasteiger partial charge in [0.05, 0.1) is 18.1 Å². The van der Waals surface area contributed by atoms with E-state index in [2.05, 4.69) is 14.7 Å². The minimum atomic E-state index is -2.67. The maximum atomic E-state index is 13.6. The van der Waals surface area contributed by atoms with Crippen molar-refractivity contribution in [3.63, 3.8) is 0 Å². The monoisotopic (exact) mass is 329 g/mol. The molecule has 0 bridgehead atoms. The average Bonchev–Trinajstić information content (AvgIpc) is 2.91. The number of hydrogen-bond acceptors (Lipinski definition) is 5. The second-order valence-corrected chi connectivity index (χ2v) is 4.38. The summed E-state index contributed by atoms with van der Waals surface area (Å²) in [6, 6.07) is 0.790. The first kappa shape index (κ1) is 15.0. The van der Waals surface area contributed by atoms with Crippen molar-refractivity contribution in [2.75, 3.05) is 6.61 Å². The summed E-state index contributed by atoms with van der Waals surface area (Å²) in [5.41, 5.74) is -0.652. The molecule has 0 aliphatic carbocycles. The second kappa shape index (κ2) is 5.71. The van der Waals surface area contributed by atoms with E-state index < -0.39 is 35.9 Å². The molecule has 1 N–H and O–H groups in total. The summed E-state index contributed by atoms with van der Waals surface area (Å²) < 4.78 is 60.7. The highest BCUT2D eigenvalue weighted by Gasteiger charge is 2.19. The number of alkyl halides is 2. The van der Waals surface area contributed by atoms with E-state index >= 15 is 0 Å². The lowest BCUT2D eigenvalue weighted by atomic mass is 10.1. The van der Waals surface area contributed by atoms with Gasteiger partial charge in [-0.25, -0.2) is 32.3 Å². The highest BCUT2D eigenvalue weighted by molar-refractivity contribution is 5.89. The van der Waals surface area contributed by atoms with Crippen LogP contribution in [0.3, 0.4) is 0 Å². The Morgan fingerprint density at radius 2 is 2.04 bits per heavy atom. The molecule has 23 heavy (non-hydrogen) atoms. The quantitative estimate of drug-likeness (QED) is 0.744. The van der Waals surface area contributed by atoms with Gasteiger partial charge < -0.3 is 9.15 Å². The highest BCUT2D eigenvalue weighted by atomic mass is 19.3. The van der Waals surface area contributed by atoms with E-state index in [1.807, 2.05) is 4.98 Å². The summed E-state index contributed by atoms with van der Waals surface area (Å²) in [6.07, 6.45) is -0.536. The number of hydrogen-bond donors (Lipinski definition) is 1. The van der Waals surface area contributed by atoms with E-state index in [1.165, 1.54) is 0 Å². The molecule has 0 aliphatic heterocycles. The summed E-state index contributed by atoms with van der Waals surface area (Å²) in [5.74, 6) is -3.61. The lowest BCUT2D eigenvalue weighted by molar-refractivity contribution is 0.0794. The third kappa shape index (κ3) is 2.87. The standard InChI is InChI=1S/C13H7F4N3O3/c14-6-1-5(12-11(10(6)17)20-13(21)23-12)7-2-19-9(3-18-7)22-4-8(15)16/h1-3,8H,4H2,(H,20,21). The minimum absolute atomic E-state index is 0.0230. The summed E-state index contributed by atoms with van der Waals surface area (Å²) in [5, 5.41) is 0. The number of benzene rings is 1. The van der Waals surface area contributed by atoms with Crippen molar-refractivity contribution in [1.82, 2.24) is 15.0 Å². The molecule has 6 nitrogen and oxygen atoms in total. The molecule has 2 heterocycles. The van der Waals surface area contributed by atoms with Gasteiger partial charge in [0.1, 0.15) is 5.52 Å². The Kier molecular flexibility index (Phi) is 3.72. The third-order valence-electron chi connectivity index (χ3n) is 2.86. The van der Waals surface area contributed by atoms with Crippen LogP contribution in [-0.4, -0.2) is 28.0 Å². The van der Waals surface area contributed by atoms with Gasteiger partial charge in [0.25, 0.3) is 6.43 Å². The van der Waals surface area contributed by atoms with Gasteiger partial charge in [-0.3, -0.25) is 4.98 Å². The number of halogens is 4. The van der Waals surface area contributed by atoms with Crippen LogP contribution in [-0.2, 0) is 0 Å². The van der Waals surface area contributed by atoms with Crippen molar-refractivity contribution >= 4 is 11.1 Å². The molecule has 0 atom stereocenters. The molecule has 0 saturated carbocycles. The zero-order chi connectivity index (χ0) is 16.6. The Labute approximate surface area is 124 Å². The zero-order valence-corrected chi connectivity index (χ0v) is 11.1. The molecule has 0 aliphatic rings. The lowest BCUT2D eigenvalue weighted by Crippen LogP contribution is -2.08. The number of H-pyrrole nitrogens is 1. The van der Waals surface area contributed by atoms with Gasteiger partial charge in [0, 0.05) is 5.56 Å². The molecule has 0 radical (unpaired) electrons. The van der Waals surface area contributed by atoms with E-state index in [9.17, 15) is 22.4 Å². The van der Waals surface area contributed by atoms with Crippen LogP contribution in [0.2, 0.25) is 0 Å². The lowest BCUT2D eigenvalue weighted by Gasteiger charge is -2.06. The fourth-order valence-corrected chi connectivity index (χ4v) is 1.92. The first-order valence-electron chi connectivity index (χ1n) is 6.20. The number of nitrogens with zero attached hydrogens (tertiary/aromatic N) is 2. The van der Waals surface area contributed by atoms with Crippen LogP contribution in [0.25, 0.3) is 22.4 Å². The Morgan fingerprint density at radius 3 is 2.70 bits per heavy atom. The molecule has 2 aromatic heterocycles. The van der Waals surface area contributed by atoms with Crippen molar-refractivity contribution in [2.24, 2.45) is 0 Å². The molecular formula is C13H7F4N3O3. The summed E-state index contributed by atoms with van der Waals surface area (Å²) in [6.45, 7) is -0.851. The molecular weight excluding hydrogens is 322 g/mol. The van der Waals surface area contributed by atoms with Crippen LogP contribution < -0.4 is 10.5 Å². The largest absolute Gasteiger partial charge is 0.470 e. The number of fused-ring (bicyclic) bond motifs is 1. The highest BCUT2D eigenvalue weighted by Crippen LogP contribution is 2.29. The van der Waals surface area contributed by atoms with E-state index in [4.69, 9.17) is 4.42 Å². The van der Waals surface area contributed by atoms with Crippen molar-refractivity contribution in [1.29, 1.82) is 0 Å². The molecule has 0 spiro atoms. The van der Waals surface area contributed by atoms with E-state index in [0.717, 1.165) is 18.5 Å². The topological polar surface area (TPSA) is 81.0 Å². The normalized spacial score (nSPS) is 11.3. The first-order chi connectivity index (χ1) is 11.0. The maximum absolute atomic E-state index is 13.6. The first-order valence-corrected chi connectivity index (χ1v) is 6.20. The van der Waals surface area contributed by atoms with Gasteiger partial charge in [0.2, 0.25) is 5.88 Å². The van der Waals surface area contributed by atoms with Gasteiger partial charge in [-0.2, -0.15) is 0 Å². The van der Waals surface area contributed by atoms with Crippen molar-refractivity contribution in [2.45, 2.75) is 6.43 Å². The van der Waals surface area contributed by atoms with Gasteiger partial charge in [-0.1, -0.05) is 0 Å². The molecule has 0 saturated heterocycles. The van der Waals surface area contributed by atoms with Crippen LogP contribution in [0.5, 0.6) is 5.88 Å².